The molecule has 1 saturated heterocycles. The van der Waals surface area contributed by atoms with Crippen LogP contribution in [0.15, 0.2) is 43.1 Å². The van der Waals surface area contributed by atoms with Crippen LogP contribution >= 0.6 is 11.3 Å². The molecule has 0 atom stereocenters. The molecule has 18 heteroatoms. The van der Waals surface area contributed by atoms with E-state index in [-0.39, 0.29) is 11.3 Å². The Labute approximate surface area is 262 Å². The Bertz CT molecular complexity index is 1460. The summed E-state index contributed by atoms with van der Waals surface area (Å²) in [5.41, 5.74) is 2.78. The van der Waals surface area contributed by atoms with E-state index in [9.17, 15) is 31.1 Å². The molecule has 3 aromatic rings. The van der Waals surface area contributed by atoms with Crippen molar-refractivity contribution in [3.05, 3.63) is 70.0 Å². The smallest absolute Gasteiger partial charge is 0.475 e. The van der Waals surface area contributed by atoms with Crippen LogP contribution in [0.2, 0.25) is 0 Å². The van der Waals surface area contributed by atoms with Gasteiger partial charge in [0.05, 0.1) is 23.4 Å². The van der Waals surface area contributed by atoms with Gasteiger partial charge < -0.3 is 15.1 Å². The summed E-state index contributed by atoms with van der Waals surface area (Å²) in [4.78, 5) is 54.5. The standard InChI is InChI=1S/C24H28N6OS.2C2HF3O2/c1-17(2)22-28-21-20(32-22)15-30(23(31)19-13-26-8-9-27-19)16-24(21)5-10-29(11-6-24)14-18-4-3-7-25-12-18;2*3-2(4,5)1(6)7/h3-4,7-9,12-13,17H,5-6,10-11,14-16H2,1-2H3;2*(H,6,7). The fourth-order valence-corrected chi connectivity index (χ4v) is 6.01. The molecule has 11 nitrogen and oxygen atoms in total. The van der Waals surface area contributed by atoms with Crippen LogP contribution < -0.4 is 0 Å². The number of fused-ring (bicyclic) bond motifs is 2. The molecule has 5 rings (SSSR count). The summed E-state index contributed by atoms with van der Waals surface area (Å²) in [6.07, 6.45) is 0.321. The van der Waals surface area contributed by atoms with Crippen LogP contribution in [0, 0.1) is 0 Å². The molecule has 1 fully saturated rings. The van der Waals surface area contributed by atoms with Gasteiger partial charge in [0.2, 0.25) is 0 Å². The number of hydrogen-bond acceptors (Lipinski definition) is 9. The Morgan fingerprint density at radius 3 is 2.02 bits per heavy atom. The molecule has 2 aliphatic heterocycles. The maximum absolute atomic E-state index is 13.3. The average Bonchev–Trinajstić information content (AvgIpc) is 3.45. The topological polar surface area (TPSA) is 150 Å². The van der Waals surface area contributed by atoms with Crippen LogP contribution in [-0.2, 0) is 28.1 Å². The second-order valence-electron chi connectivity index (χ2n) is 10.8. The molecule has 0 aliphatic carbocycles. The molecule has 0 aromatic carbocycles. The number of carbonyl (C=O) groups is 3. The molecule has 0 bridgehead atoms. The Hall–Kier alpha value is -4.19. The van der Waals surface area contributed by atoms with E-state index in [4.69, 9.17) is 24.8 Å². The van der Waals surface area contributed by atoms with Crippen molar-refractivity contribution >= 4 is 29.2 Å². The number of halogens is 6. The number of alkyl halides is 6. The molecule has 0 radical (unpaired) electrons. The number of pyridine rings is 1. The molecular weight excluding hydrogens is 646 g/mol. The van der Waals surface area contributed by atoms with Gasteiger partial charge in [0.15, 0.2) is 0 Å². The predicted octanol–water partition coefficient (Wildman–Crippen LogP) is 4.91. The summed E-state index contributed by atoms with van der Waals surface area (Å²) < 4.78 is 63.5. The van der Waals surface area contributed by atoms with Gasteiger partial charge in [-0.3, -0.25) is 19.7 Å². The van der Waals surface area contributed by atoms with Crippen LogP contribution in [0.4, 0.5) is 26.3 Å². The van der Waals surface area contributed by atoms with Crippen LogP contribution in [0.5, 0.6) is 0 Å². The number of aromatic nitrogens is 4. The highest BCUT2D eigenvalue weighted by atomic mass is 32.1. The van der Waals surface area contributed by atoms with Crippen molar-refractivity contribution in [1.82, 2.24) is 29.7 Å². The van der Waals surface area contributed by atoms with Gasteiger partial charge in [-0.25, -0.2) is 19.6 Å². The first-order valence-electron chi connectivity index (χ1n) is 13.7. The van der Waals surface area contributed by atoms with Crippen LogP contribution in [-0.4, -0.2) is 89.8 Å². The quantitative estimate of drug-likeness (QED) is 0.365. The van der Waals surface area contributed by atoms with Crippen molar-refractivity contribution in [3.63, 3.8) is 0 Å². The number of thiazole rings is 1. The second-order valence-corrected chi connectivity index (χ2v) is 11.9. The number of carboxylic acid groups (broad SMARTS) is 2. The van der Waals surface area contributed by atoms with Gasteiger partial charge in [0, 0.05) is 54.1 Å². The molecule has 1 spiro atoms. The Balaban J connectivity index is 0.000000345. The van der Waals surface area contributed by atoms with E-state index in [1.54, 1.807) is 29.9 Å². The SMILES string of the molecule is CC(C)c1nc2c(s1)CN(C(=O)c1cnccn1)CC21CCN(Cc2cccnc2)CC1.O=C(O)C(F)(F)F.O=C(O)C(F)(F)F. The molecule has 2 aliphatic rings. The van der Waals surface area contributed by atoms with Crippen molar-refractivity contribution in [2.75, 3.05) is 19.6 Å². The molecule has 3 aromatic heterocycles. The van der Waals surface area contributed by atoms with E-state index in [0.29, 0.717) is 24.7 Å². The molecule has 0 saturated carbocycles. The lowest BCUT2D eigenvalue weighted by molar-refractivity contribution is -0.193. The minimum atomic E-state index is -5.08. The summed E-state index contributed by atoms with van der Waals surface area (Å²) in [6, 6.07) is 4.12. The van der Waals surface area contributed by atoms with E-state index >= 15 is 0 Å². The monoisotopic (exact) mass is 676 g/mol. The number of nitrogens with zero attached hydrogens (tertiary/aromatic N) is 6. The Morgan fingerprint density at radius 2 is 1.54 bits per heavy atom. The van der Waals surface area contributed by atoms with Gasteiger partial charge >= 0.3 is 24.3 Å². The van der Waals surface area contributed by atoms with Gasteiger partial charge in [-0.2, -0.15) is 26.3 Å². The van der Waals surface area contributed by atoms with E-state index in [1.165, 1.54) is 21.1 Å². The fourth-order valence-electron chi connectivity index (χ4n) is 4.81. The predicted molar refractivity (Wildman–Crippen MR) is 151 cm³/mol. The lowest BCUT2D eigenvalue weighted by Gasteiger charge is -2.46. The number of rotatable bonds is 4. The first kappa shape index (κ1) is 36.3. The summed E-state index contributed by atoms with van der Waals surface area (Å²) in [5.74, 6) is -5.17. The molecule has 1 amide bonds. The van der Waals surface area contributed by atoms with Crippen molar-refractivity contribution in [2.45, 2.75) is 63.5 Å². The molecule has 5 heterocycles. The third kappa shape index (κ3) is 9.65. The zero-order chi connectivity index (χ0) is 34.3. The Kier molecular flexibility index (Phi) is 11.8. The molecule has 250 valence electrons. The largest absolute Gasteiger partial charge is 0.490 e. The number of piperidine rings is 1. The third-order valence-corrected chi connectivity index (χ3v) is 8.38. The lowest BCUT2D eigenvalue weighted by Crippen LogP contribution is -2.53. The molecule has 46 heavy (non-hydrogen) atoms. The number of likely N-dealkylation sites (tertiary alicyclic amines) is 1. The van der Waals surface area contributed by atoms with Crippen LogP contribution in [0.3, 0.4) is 0 Å². The van der Waals surface area contributed by atoms with Gasteiger partial charge in [-0.05, 0) is 37.6 Å². The first-order chi connectivity index (χ1) is 21.4. The zero-order valence-electron chi connectivity index (χ0n) is 24.5. The van der Waals surface area contributed by atoms with Crippen molar-refractivity contribution in [1.29, 1.82) is 0 Å². The highest BCUT2D eigenvalue weighted by Gasteiger charge is 2.46. The first-order valence-corrected chi connectivity index (χ1v) is 14.5. The summed E-state index contributed by atoms with van der Waals surface area (Å²) in [7, 11) is 0. The van der Waals surface area contributed by atoms with Crippen LogP contribution in [0.1, 0.15) is 64.2 Å². The average molecular weight is 677 g/mol. The van der Waals surface area contributed by atoms with E-state index < -0.39 is 24.3 Å². The number of aliphatic carboxylic acids is 2. The highest BCUT2D eigenvalue weighted by molar-refractivity contribution is 7.11. The number of amides is 1. The lowest BCUT2D eigenvalue weighted by atomic mass is 9.73. The summed E-state index contributed by atoms with van der Waals surface area (Å²) in [5, 5.41) is 15.4. The third-order valence-electron chi connectivity index (χ3n) is 7.03. The minimum Gasteiger partial charge on any atom is -0.475 e. The van der Waals surface area contributed by atoms with Gasteiger partial charge in [0.1, 0.15) is 5.69 Å². The molecule has 0 unspecified atom stereocenters. The van der Waals surface area contributed by atoms with Crippen molar-refractivity contribution in [2.24, 2.45) is 0 Å². The van der Waals surface area contributed by atoms with Crippen molar-refractivity contribution < 1.29 is 50.9 Å². The maximum Gasteiger partial charge on any atom is 0.490 e. The second kappa shape index (κ2) is 14.9. The van der Waals surface area contributed by atoms with Gasteiger partial charge in [-0.15, -0.1) is 11.3 Å². The molecular formula is C28H30F6N6O5S. The van der Waals surface area contributed by atoms with E-state index in [1.807, 2.05) is 23.4 Å². The maximum atomic E-state index is 13.3. The highest BCUT2D eigenvalue weighted by Crippen LogP contribution is 2.44. The minimum absolute atomic E-state index is 0.0413. The zero-order valence-corrected chi connectivity index (χ0v) is 25.4. The number of carbonyl (C=O) groups excluding carboxylic acids is 1. The van der Waals surface area contributed by atoms with Crippen molar-refractivity contribution in [3.8, 4) is 0 Å². The number of carboxylic acids is 2. The number of hydrogen-bond donors (Lipinski definition) is 2. The van der Waals surface area contributed by atoms with Gasteiger partial charge in [-0.1, -0.05) is 19.9 Å². The summed E-state index contributed by atoms with van der Waals surface area (Å²) >= 11 is 1.77. The molecule has 2 N–H and O–H groups in total. The van der Waals surface area contributed by atoms with Gasteiger partial charge in [0.25, 0.3) is 5.91 Å². The normalized spacial score (nSPS) is 16.1. The Morgan fingerprint density at radius 1 is 0.957 bits per heavy atom. The van der Waals surface area contributed by atoms with E-state index in [2.05, 4.69) is 39.8 Å². The van der Waals surface area contributed by atoms with Crippen LogP contribution in [0.25, 0.3) is 0 Å². The summed E-state index contributed by atoms with van der Waals surface area (Å²) in [6.45, 7) is 8.55. The fraction of sp³-hybridized carbons (Fsp3) is 0.464. The van der Waals surface area contributed by atoms with E-state index in [0.717, 1.165) is 32.5 Å².